The number of rotatable bonds is 2. The van der Waals surface area contributed by atoms with Crippen molar-refractivity contribution in [2.75, 3.05) is 13.1 Å². The number of nitrogens with zero attached hydrogens (tertiary/aromatic N) is 1. The van der Waals surface area contributed by atoms with E-state index < -0.39 is 5.92 Å². The molecule has 0 amide bonds. The van der Waals surface area contributed by atoms with E-state index in [1.54, 1.807) is 4.90 Å². The first kappa shape index (κ1) is 31.2. The maximum Gasteiger partial charge on any atom is 0.272 e. The number of likely N-dealkylation sites (tertiary alicyclic amines) is 1. The average molecular weight is 427 g/mol. The largest absolute Gasteiger partial charge is 0.289 e. The van der Waals surface area contributed by atoms with E-state index in [2.05, 4.69) is 19.9 Å². The molecule has 1 heterocycles. The van der Waals surface area contributed by atoms with Gasteiger partial charge in [-0.2, -0.15) is 0 Å². The van der Waals surface area contributed by atoms with Gasteiger partial charge in [0.2, 0.25) is 0 Å². The van der Waals surface area contributed by atoms with Crippen molar-refractivity contribution in [1.82, 2.24) is 4.90 Å². The fourth-order valence-electron chi connectivity index (χ4n) is 1.78. The van der Waals surface area contributed by atoms with E-state index in [4.69, 9.17) is 11.6 Å². The summed E-state index contributed by atoms with van der Waals surface area (Å²) >= 11 is 5.79. The minimum absolute atomic E-state index is 0. The smallest absolute Gasteiger partial charge is 0.272 e. The molecule has 1 aliphatic heterocycles. The first-order valence-corrected chi connectivity index (χ1v) is 6.96. The number of alkyl halides is 2. The average Bonchev–Trinajstić information content (AvgIpc) is 2.26. The second-order valence-electron chi connectivity index (χ2n) is 5.56. The van der Waals surface area contributed by atoms with Crippen molar-refractivity contribution in [3.05, 3.63) is 34.9 Å². The Morgan fingerprint density at radius 2 is 1.52 bits per heavy atom. The van der Waals surface area contributed by atoms with Gasteiger partial charge in [-0.15, -0.1) is 0 Å². The summed E-state index contributed by atoms with van der Waals surface area (Å²) < 4.78 is 24.2. The molecule has 1 aliphatic rings. The third-order valence-corrected chi connectivity index (χ3v) is 3.35. The Hall–Kier alpha value is 0.434. The molecule has 0 spiro atoms. The van der Waals surface area contributed by atoms with E-state index in [1.807, 2.05) is 32.0 Å². The minimum Gasteiger partial charge on any atom is -0.289 e. The Bertz CT molecular complexity index is 404. The summed E-state index contributed by atoms with van der Waals surface area (Å²) in [6.07, 6.45) is 0. The molecule has 0 saturated carbocycles. The van der Waals surface area contributed by atoms with Crippen molar-refractivity contribution in [2.24, 2.45) is 0 Å². The topological polar surface area (TPSA) is 3.24 Å². The molecule has 0 bridgehead atoms. The monoisotopic (exact) mass is 426 g/mol. The van der Waals surface area contributed by atoms with Crippen molar-refractivity contribution < 1.29 is 41.5 Å². The van der Waals surface area contributed by atoms with Gasteiger partial charge in [-0.1, -0.05) is 59.9 Å². The summed E-state index contributed by atoms with van der Waals surface area (Å²) in [5.74, 6) is -1.83. The summed E-state index contributed by atoms with van der Waals surface area (Å²) in [6, 6.07) is 8.25. The molecule has 135 valence electrons. The van der Waals surface area contributed by atoms with Crippen LogP contribution in [0.15, 0.2) is 24.3 Å². The molecule has 1 aromatic rings. The van der Waals surface area contributed by atoms with Crippen molar-refractivity contribution in [3.63, 3.8) is 0 Å². The maximum atomic E-state index is 12.1. The maximum absolute atomic E-state index is 12.1. The van der Waals surface area contributed by atoms with Crippen LogP contribution in [-0.4, -0.2) is 30.0 Å². The van der Waals surface area contributed by atoms with Crippen LogP contribution in [-0.2, 0) is 32.7 Å². The number of hydrogen-bond acceptors (Lipinski definition) is 1. The first-order chi connectivity index (χ1) is 8.71. The van der Waals surface area contributed by atoms with Crippen LogP contribution in [0.25, 0.3) is 0 Å². The zero-order valence-corrected chi connectivity index (χ0v) is 16.1. The van der Waals surface area contributed by atoms with E-state index >= 15 is 0 Å². The Morgan fingerprint density at radius 3 is 1.74 bits per heavy atom. The van der Waals surface area contributed by atoms with Crippen molar-refractivity contribution in [2.45, 2.75) is 67.9 Å². The van der Waals surface area contributed by atoms with Gasteiger partial charge >= 0.3 is 0 Å². The van der Waals surface area contributed by atoms with Gasteiger partial charge in [0.1, 0.15) is 0 Å². The van der Waals surface area contributed by atoms with Gasteiger partial charge in [-0.25, -0.2) is 8.78 Å². The fourth-order valence-corrected chi connectivity index (χ4v) is 1.98. The minimum atomic E-state index is -2.40. The molecular weight excluding hydrogens is 393 g/mol. The van der Waals surface area contributed by atoms with E-state index in [1.165, 1.54) is 5.56 Å². The van der Waals surface area contributed by atoms with E-state index in [-0.39, 0.29) is 74.1 Å². The molecule has 0 aromatic heterocycles. The zero-order valence-electron chi connectivity index (χ0n) is 12.5. The molecule has 0 N–H and O–H groups in total. The summed E-state index contributed by atoms with van der Waals surface area (Å²) in [4.78, 5) is 1.75. The molecule has 0 aliphatic carbocycles. The van der Waals surface area contributed by atoms with Gasteiger partial charge in [-0.05, 0) is 37.5 Å². The Morgan fingerprint density at radius 1 is 1.04 bits per heavy atom. The first-order valence-electron chi connectivity index (χ1n) is 6.58. The summed E-state index contributed by atoms with van der Waals surface area (Å²) in [7, 11) is 0. The Kier molecular flexibility index (Phi) is 18.6. The standard InChI is InChI=1S/C9H11Cl.C6H11F2N.3CH4.Y/c1-7(2)8-4-3-5-9(10)6-8;1-5(2)9-3-6(7,8)4-9;;;;/h3-7H,1-2H3;5H,3-4H2,1-2H3;3*1H4;. The van der Waals surface area contributed by atoms with Crippen LogP contribution >= 0.6 is 11.6 Å². The van der Waals surface area contributed by atoms with Gasteiger partial charge in [0.15, 0.2) is 0 Å². The van der Waals surface area contributed by atoms with E-state index in [0.29, 0.717) is 5.92 Å². The molecule has 1 radical (unpaired) electrons. The molecule has 0 atom stereocenters. The van der Waals surface area contributed by atoms with Gasteiger partial charge in [0.05, 0.1) is 13.1 Å². The molecule has 1 fully saturated rings. The van der Waals surface area contributed by atoms with Crippen molar-refractivity contribution in [3.8, 4) is 0 Å². The Labute approximate surface area is 173 Å². The van der Waals surface area contributed by atoms with Gasteiger partial charge < -0.3 is 0 Å². The predicted octanol–water partition coefficient (Wildman–Crippen LogP) is 6.71. The molecule has 1 saturated heterocycles. The van der Waals surface area contributed by atoms with Gasteiger partial charge in [0.25, 0.3) is 5.92 Å². The summed E-state index contributed by atoms with van der Waals surface area (Å²) in [5.41, 5.74) is 1.30. The van der Waals surface area contributed by atoms with E-state index in [0.717, 1.165) is 5.02 Å². The normalized spacial score (nSPS) is 14.8. The number of halogens is 3. The van der Waals surface area contributed by atoms with Crippen LogP contribution in [0.2, 0.25) is 5.02 Å². The van der Waals surface area contributed by atoms with Crippen LogP contribution < -0.4 is 0 Å². The molecule has 1 nitrogen and oxygen atoms in total. The van der Waals surface area contributed by atoms with Crippen LogP contribution in [0.5, 0.6) is 0 Å². The summed E-state index contributed by atoms with van der Waals surface area (Å²) in [6.45, 7) is 8.07. The van der Waals surface area contributed by atoms with Gasteiger partial charge in [0, 0.05) is 43.8 Å². The van der Waals surface area contributed by atoms with E-state index in [9.17, 15) is 8.78 Å². The molecular formula is C18H34ClF2NY. The third kappa shape index (κ3) is 11.6. The van der Waals surface area contributed by atoms with Crippen molar-refractivity contribution >= 4 is 11.6 Å². The summed E-state index contributed by atoms with van der Waals surface area (Å²) in [5, 5.41) is 0.825. The zero-order chi connectivity index (χ0) is 14.6. The molecule has 2 rings (SSSR count). The number of benzene rings is 1. The van der Waals surface area contributed by atoms with Crippen LogP contribution in [0, 0.1) is 0 Å². The van der Waals surface area contributed by atoms with Gasteiger partial charge in [-0.3, -0.25) is 4.90 Å². The molecule has 5 heteroatoms. The SMILES string of the molecule is C.C.C.CC(C)N1CC(F)(F)C1.CC(C)c1cccc(Cl)c1.[Y]. The molecule has 1 aromatic carbocycles. The Balaban J connectivity index is -0.000000134. The van der Waals surface area contributed by atoms with Crippen LogP contribution in [0.4, 0.5) is 8.78 Å². The van der Waals surface area contributed by atoms with Crippen molar-refractivity contribution in [1.29, 1.82) is 0 Å². The fraction of sp³-hybridized carbons (Fsp3) is 0.667. The second-order valence-corrected chi connectivity index (χ2v) is 6.00. The predicted molar refractivity (Wildman–Crippen MR) is 97.4 cm³/mol. The van der Waals surface area contributed by atoms with Crippen LogP contribution in [0.1, 0.15) is 61.5 Å². The third-order valence-electron chi connectivity index (χ3n) is 3.11. The quantitative estimate of drug-likeness (QED) is 0.507. The molecule has 23 heavy (non-hydrogen) atoms. The number of hydrogen-bond donors (Lipinski definition) is 0. The second kappa shape index (κ2) is 13.7. The molecule has 0 unspecified atom stereocenters. The van der Waals surface area contributed by atoms with Crippen LogP contribution in [0.3, 0.4) is 0 Å².